The van der Waals surface area contributed by atoms with Crippen molar-refractivity contribution < 1.29 is 22.6 Å². The number of methoxy groups -OCH3 is 1. The van der Waals surface area contributed by atoms with Crippen molar-refractivity contribution in [2.24, 2.45) is 5.73 Å². The fraction of sp³-hybridized carbons (Fsp3) is 0.333. The van der Waals surface area contributed by atoms with Gasteiger partial charge in [-0.15, -0.1) is 0 Å². The summed E-state index contributed by atoms with van der Waals surface area (Å²) in [4.78, 5) is 0.195. The molecule has 0 spiro atoms. The second-order valence-electron chi connectivity index (χ2n) is 6.56. The van der Waals surface area contributed by atoms with Gasteiger partial charge in [-0.05, 0) is 42.0 Å². The first-order valence-electron chi connectivity index (χ1n) is 8.05. The van der Waals surface area contributed by atoms with E-state index in [9.17, 15) is 8.42 Å². The molecule has 2 aromatic carbocycles. The first kappa shape index (κ1) is 17.6. The van der Waals surface area contributed by atoms with Crippen LogP contribution in [0, 0.1) is 0 Å². The van der Waals surface area contributed by atoms with Crippen LogP contribution in [-0.2, 0) is 14.6 Å². The molecule has 1 aliphatic heterocycles. The highest BCUT2D eigenvalue weighted by molar-refractivity contribution is 7.92. The fourth-order valence-electron chi connectivity index (χ4n) is 3.68. The number of hydrogen-bond acceptors (Lipinski definition) is 6. The average molecular weight is 396 g/mol. The summed E-state index contributed by atoms with van der Waals surface area (Å²) in [6, 6.07) is 11.5. The molecule has 0 bridgehead atoms. The molecule has 3 atom stereocenters. The van der Waals surface area contributed by atoms with Crippen LogP contribution >= 0.6 is 11.6 Å². The van der Waals surface area contributed by atoms with Gasteiger partial charge >= 0.3 is 0 Å². The summed E-state index contributed by atoms with van der Waals surface area (Å²) in [6.07, 6.45) is 0. The molecule has 1 aliphatic carbocycles. The van der Waals surface area contributed by atoms with Crippen molar-refractivity contribution in [3.05, 3.63) is 53.1 Å². The van der Waals surface area contributed by atoms with Crippen LogP contribution in [0.1, 0.15) is 11.5 Å². The van der Waals surface area contributed by atoms with Crippen molar-refractivity contribution in [1.29, 1.82) is 0 Å². The molecule has 0 amide bonds. The van der Waals surface area contributed by atoms with Gasteiger partial charge in [-0.3, -0.25) is 0 Å². The first-order valence-corrected chi connectivity index (χ1v) is 9.97. The molecule has 8 heteroatoms. The Hall–Kier alpha value is -1.80. The summed E-state index contributed by atoms with van der Waals surface area (Å²) < 4.78 is 42.3. The maximum absolute atomic E-state index is 13.2. The van der Waals surface area contributed by atoms with Gasteiger partial charge in [0.25, 0.3) is 0 Å². The van der Waals surface area contributed by atoms with E-state index < -0.39 is 26.5 Å². The molecule has 6 nitrogen and oxygen atoms in total. The van der Waals surface area contributed by atoms with Crippen molar-refractivity contribution in [3.63, 3.8) is 0 Å². The van der Waals surface area contributed by atoms with E-state index in [1.54, 1.807) is 24.3 Å². The number of halogens is 1. The lowest BCUT2D eigenvalue weighted by Crippen LogP contribution is -2.35. The van der Waals surface area contributed by atoms with Crippen molar-refractivity contribution in [3.8, 4) is 11.5 Å². The molecule has 0 unspecified atom stereocenters. The van der Waals surface area contributed by atoms with Gasteiger partial charge in [-0.1, -0.05) is 17.7 Å². The Balaban J connectivity index is 1.73. The summed E-state index contributed by atoms with van der Waals surface area (Å²) in [7, 11) is -2.15. The highest BCUT2D eigenvalue weighted by Gasteiger charge is 2.69. The Bertz CT molecular complexity index is 947. The van der Waals surface area contributed by atoms with Crippen LogP contribution < -0.4 is 15.2 Å². The Morgan fingerprint density at radius 2 is 1.88 bits per heavy atom. The monoisotopic (exact) mass is 395 g/mol. The second kappa shape index (κ2) is 6.13. The summed E-state index contributed by atoms with van der Waals surface area (Å²) >= 11 is 5.88. The number of rotatable bonds is 5. The zero-order valence-corrected chi connectivity index (χ0v) is 15.6. The number of ether oxygens (including phenoxy) is 3. The average Bonchev–Trinajstić information content (AvgIpc) is 2.99. The van der Waals surface area contributed by atoms with Crippen molar-refractivity contribution in [1.82, 2.24) is 0 Å². The van der Waals surface area contributed by atoms with Crippen LogP contribution in [0.4, 0.5) is 0 Å². The molecule has 0 aromatic heterocycles. The van der Waals surface area contributed by atoms with Crippen LogP contribution in [0.2, 0.25) is 5.02 Å². The van der Waals surface area contributed by atoms with E-state index in [1.807, 2.05) is 6.07 Å². The normalized spacial score (nSPS) is 26.7. The highest BCUT2D eigenvalue weighted by Crippen LogP contribution is 2.56. The zero-order chi connectivity index (χ0) is 18.5. The van der Waals surface area contributed by atoms with Gasteiger partial charge in [0.1, 0.15) is 0 Å². The lowest BCUT2D eigenvalue weighted by molar-refractivity contribution is 0.171. The highest BCUT2D eigenvalue weighted by atomic mass is 35.5. The molecule has 2 N–H and O–H groups in total. The molecule has 2 aromatic rings. The van der Waals surface area contributed by atoms with Gasteiger partial charge in [0.15, 0.2) is 21.3 Å². The molecule has 138 valence electrons. The lowest BCUT2D eigenvalue weighted by atomic mass is 10.1. The van der Waals surface area contributed by atoms with E-state index in [2.05, 4.69) is 0 Å². The van der Waals surface area contributed by atoms with Crippen LogP contribution in [0.25, 0.3) is 0 Å². The van der Waals surface area contributed by atoms with Crippen LogP contribution in [-0.4, -0.2) is 39.7 Å². The Morgan fingerprint density at radius 1 is 1.19 bits per heavy atom. The zero-order valence-electron chi connectivity index (χ0n) is 14.0. The number of sulfone groups is 1. The molecule has 0 radical (unpaired) electrons. The number of benzene rings is 2. The summed E-state index contributed by atoms with van der Waals surface area (Å²) in [5.74, 6) is 0.829. The van der Waals surface area contributed by atoms with Crippen molar-refractivity contribution in [2.45, 2.75) is 21.6 Å². The van der Waals surface area contributed by atoms with Crippen LogP contribution in [0.15, 0.2) is 47.4 Å². The van der Waals surface area contributed by atoms with E-state index in [0.29, 0.717) is 16.5 Å². The Morgan fingerprint density at radius 3 is 2.58 bits per heavy atom. The minimum atomic E-state index is -3.66. The summed E-state index contributed by atoms with van der Waals surface area (Å²) in [6.45, 7) is 0.283. The molecule has 26 heavy (non-hydrogen) atoms. The van der Waals surface area contributed by atoms with E-state index in [0.717, 1.165) is 5.56 Å². The maximum atomic E-state index is 13.2. The minimum absolute atomic E-state index is 0.129. The van der Waals surface area contributed by atoms with Crippen LogP contribution in [0.5, 0.6) is 11.5 Å². The summed E-state index contributed by atoms with van der Waals surface area (Å²) in [5.41, 5.74) is 6.25. The molecule has 1 saturated carbocycles. The topological polar surface area (TPSA) is 87.8 Å². The van der Waals surface area contributed by atoms with Gasteiger partial charge < -0.3 is 19.9 Å². The molecular weight excluding hydrogens is 378 g/mol. The minimum Gasteiger partial charge on any atom is -0.454 e. The number of nitrogens with two attached hydrogens (primary N) is 1. The van der Waals surface area contributed by atoms with Crippen molar-refractivity contribution >= 4 is 21.4 Å². The molecular formula is C18H18ClNO5S. The predicted molar refractivity (Wildman–Crippen MR) is 96.5 cm³/mol. The molecule has 0 saturated heterocycles. The number of hydrogen-bond donors (Lipinski definition) is 1. The van der Waals surface area contributed by atoms with E-state index in [4.69, 9.17) is 31.5 Å². The SMILES string of the molecule is COC[C@@]1(N)[C@@H](c2ccc3c(c2)OCO3)[C@@H]1S(=O)(=O)c1ccc(Cl)cc1. The van der Waals surface area contributed by atoms with Gasteiger partial charge in [0, 0.05) is 18.1 Å². The third-order valence-corrected chi connectivity index (χ3v) is 7.49. The van der Waals surface area contributed by atoms with Gasteiger partial charge in [-0.2, -0.15) is 0 Å². The molecule has 4 rings (SSSR count). The van der Waals surface area contributed by atoms with E-state index in [1.165, 1.54) is 19.2 Å². The van der Waals surface area contributed by atoms with Gasteiger partial charge in [0.05, 0.1) is 22.3 Å². The van der Waals surface area contributed by atoms with E-state index in [-0.39, 0.29) is 18.3 Å². The third kappa shape index (κ3) is 2.66. The fourth-order valence-corrected chi connectivity index (χ4v) is 6.09. The maximum Gasteiger partial charge on any atom is 0.231 e. The molecule has 2 aliphatic rings. The van der Waals surface area contributed by atoms with Crippen LogP contribution in [0.3, 0.4) is 0 Å². The lowest BCUT2D eigenvalue weighted by Gasteiger charge is -2.11. The summed E-state index contributed by atoms with van der Waals surface area (Å²) in [5, 5.41) is -0.320. The number of fused-ring (bicyclic) bond motifs is 1. The van der Waals surface area contributed by atoms with Gasteiger partial charge in [0.2, 0.25) is 6.79 Å². The van der Waals surface area contributed by atoms with Gasteiger partial charge in [-0.25, -0.2) is 8.42 Å². The van der Waals surface area contributed by atoms with E-state index >= 15 is 0 Å². The Kier molecular flexibility index (Phi) is 4.15. The predicted octanol–water partition coefficient (Wildman–Crippen LogP) is 2.35. The molecule has 1 fully saturated rings. The van der Waals surface area contributed by atoms with Crippen molar-refractivity contribution in [2.75, 3.05) is 20.5 Å². The third-order valence-electron chi connectivity index (χ3n) is 4.93. The first-order chi connectivity index (χ1) is 12.4. The second-order valence-corrected chi connectivity index (χ2v) is 9.06. The largest absolute Gasteiger partial charge is 0.454 e. The molecule has 1 heterocycles. The Labute approximate surface area is 156 Å². The quantitative estimate of drug-likeness (QED) is 0.836. The standard InChI is InChI=1S/C18H18ClNO5S/c1-23-9-18(20)16(11-2-7-14-15(8-11)25-10-24-14)17(18)26(21,22)13-5-3-12(19)4-6-13/h2-8,16-17H,9-10,20H2,1H3/t16-,17-,18+/m0/s1. The smallest absolute Gasteiger partial charge is 0.231 e.